The van der Waals surface area contributed by atoms with Gasteiger partial charge in [0.2, 0.25) is 5.91 Å². The van der Waals surface area contributed by atoms with Gasteiger partial charge in [-0.1, -0.05) is 18.5 Å². The van der Waals surface area contributed by atoms with E-state index >= 15 is 0 Å². The zero-order chi connectivity index (χ0) is 12.0. The van der Waals surface area contributed by atoms with Crippen molar-refractivity contribution in [2.75, 3.05) is 24.1 Å². The van der Waals surface area contributed by atoms with E-state index in [9.17, 15) is 4.79 Å². The second-order valence-electron chi connectivity index (χ2n) is 3.44. The lowest BCUT2D eigenvalue weighted by atomic mass is 10.2. The maximum atomic E-state index is 11.3. The van der Waals surface area contributed by atoms with Crippen LogP contribution >= 0.6 is 11.6 Å². The lowest BCUT2D eigenvalue weighted by Gasteiger charge is -2.09. The highest BCUT2D eigenvalue weighted by molar-refractivity contribution is 6.31. The van der Waals surface area contributed by atoms with E-state index in [1.54, 1.807) is 18.2 Å². The van der Waals surface area contributed by atoms with E-state index in [1.165, 1.54) is 0 Å². The van der Waals surface area contributed by atoms with Gasteiger partial charge in [-0.3, -0.25) is 4.79 Å². The molecule has 0 saturated heterocycles. The summed E-state index contributed by atoms with van der Waals surface area (Å²) in [6.07, 6.45) is 0.922. The van der Waals surface area contributed by atoms with Gasteiger partial charge in [-0.25, -0.2) is 0 Å². The molecular formula is C11H16ClN3O. The molecule has 88 valence electrons. The van der Waals surface area contributed by atoms with Gasteiger partial charge in [-0.15, -0.1) is 0 Å². The summed E-state index contributed by atoms with van der Waals surface area (Å²) in [7, 11) is 0. The smallest absolute Gasteiger partial charge is 0.239 e. The molecule has 1 aromatic carbocycles. The minimum absolute atomic E-state index is 0.0544. The maximum Gasteiger partial charge on any atom is 0.239 e. The standard InChI is InChI=1S/C11H16ClN3O/c1-2-5-14-11(16)7-15-10-6-8(12)3-4-9(10)13/h3-4,6,15H,2,5,7,13H2,1H3,(H,14,16). The molecular weight excluding hydrogens is 226 g/mol. The minimum atomic E-state index is -0.0544. The Kier molecular flexibility index (Phi) is 4.92. The number of amides is 1. The van der Waals surface area contributed by atoms with E-state index in [1.807, 2.05) is 6.92 Å². The molecule has 0 fully saturated rings. The Balaban J connectivity index is 2.47. The van der Waals surface area contributed by atoms with Gasteiger partial charge in [0.15, 0.2) is 0 Å². The summed E-state index contributed by atoms with van der Waals surface area (Å²) in [5.74, 6) is -0.0544. The highest BCUT2D eigenvalue weighted by Crippen LogP contribution is 2.22. The third kappa shape index (κ3) is 3.98. The summed E-state index contributed by atoms with van der Waals surface area (Å²) in [4.78, 5) is 11.3. The second-order valence-corrected chi connectivity index (χ2v) is 3.87. The number of nitrogens with two attached hydrogens (primary N) is 1. The average Bonchev–Trinajstić information content (AvgIpc) is 2.27. The highest BCUT2D eigenvalue weighted by atomic mass is 35.5. The van der Waals surface area contributed by atoms with E-state index in [4.69, 9.17) is 17.3 Å². The molecule has 0 aromatic heterocycles. The first-order chi connectivity index (χ1) is 7.63. The van der Waals surface area contributed by atoms with Crippen LogP contribution in [0.4, 0.5) is 11.4 Å². The summed E-state index contributed by atoms with van der Waals surface area (Å²) in [6.45, 7) is 2.89. The van der Waals surface area contributed by atoms with Gasteiger partial charge in [-0.05, 0) is 24.6 Å². The van der Waals surface area contributed by atoms with E-state index in [0.29, 0.717) is 22.9 Å². The number of halogens is 1. The molecule has 0 aliphatic rings. The molecule has 0 unspecified atom stereocenters. The highest BCUT2D eigenvalue weighted by Gasteiger charge is 2.03. The fourth-order valence-corrected chi connectivity index (χ4v) is 1.36. The van der Waals surface area contributed by atoms with Crippen LogP contribution in [0.3, 0.4) is 0 Å². The number of benzene rings is 1. The average molecular weight is 242 g/mol. The summed E-state index contributed by atoms with van der Waals surface area (Å²) in [5.41, 5.74) is 6.98. The summed E-state index contributed by atoms with van der Waals surface area (Å²) < 4.78 is 0. The Labute approximate surface area is 100 Å². The molecule has 0 bridgehead atoms. The molecule has 0 radical (unpaired) electrons. The van der Waals surface area contributed by atoms with E-state index < -0.39 is 0 Å². The first kappa shape index (κ1) is 12.6. The number of anilines is 2. The summed E-state index contributed by atoms with van der Waals surface area (Å²) in [6, 6.07) is 5.11. The Bertz CT molecular complexity index is 368. The van der Waals surface area contributed by atoms with Crippen LogP contribution in [0.25, 0.3) is 0 Å². The minimum Gasteiger partial charge on any atom is -0.397 e. The second kappa shape index (κ2) is 6.23. The van der Waals surface area contributed by atoms with Crippen LogP contribution in [0.1, 0.15) is 13.3 Å². The molecule has 5 heteroatoms. The fourth-order valence-electron chi connectivity index (χ4n) is 1.18. The number of hydrogen-bond donors (Lipinski definition) is 3. The van der Waals surface area contributed by atoms with Crippen LogP contribution in [0.2, 0.25) is 5.02 Å². The van der Waals surface area contributed by atoms with Crippen molar-refractivity contribution in [2.24, 2.45) is 0 Å². The van der Waals surface area contributed by atoms with Gasteiger partial charge < -0.3 is 16.4 Å². The molecule has 0 saturated carbocycles. The van der Waals surface area contributed by atoms with Crippen molar-refractivity contribution in [1.82, 2.24) is 5.32 Å². The van der Waals surface area contributed by atoms with Crippen LogP contribution in [-0.4, -0.2) is 19.0 Å². The van der Waals surface area contributed by atoms with Crippen LogP contribution in [0.15, 0.2) is 18.2 Å². The van der Waals surface area contributed by atoms with Gasteiger partial charge in [0.1, 0.15) is 0 Å². The zero-order valence-corrected chi connectivity index (χ0v) is 9.97. The lowest BCUT2D eigenvalue weighted by molar-refractivity contribution is -0.119. The van der Waals surface area contributed by atoms with Crippen molar-refractivity contribution >= 4 is 28.9 Å². The molecule has 16 heavy (non-hydrogen) atoms. The van der Waals surface area contributed by atoms with Crippen molar-refractivity contribution in [3.05, 3.63) is 23.2 Å². The van der Waals surface area contributed by atoms with Crippen LogP contribution in [0, 0.1) is 0 Å². The summed E-state index contributed by atoms with van der Waals surface area (Å²) in [5, 5.41) is 6.29. The number of nitrogens with one attached hydrogen (secondary N) is 2. The van der Waals surface area contributed by atoms with Crippen LogP contribution < -0.4 is 16.4 Å². The molecule has 4 N–H and O–H groups in total. The first-order valence-electron chi connectivity index (χ1n) is 5.19. The van der Waals surface area contributed by atoms with Crippen molar-refractivity contribution in [3.63, 3.8) is 0 Å². The predicted molar refractivity (Wildman–Crippen MR) is 67.7 cm³/mol. The Morgan fingerprint density at radius 2 is 2.25 bits per heavy atom. The van der Waals surface area contributed by atoms with E-state index in [-0.39, 0.29) is 12.5 Å². The molecule has 1 rings (SSSR count). The molecule has 0 aliphatic heterocycles. The lowest BCUT2D eigenvalue weighted by Crippen LogP contribution is -2.30. The number of nitrogen functional groups attached to an aromatic ring is 1. The number of carbonyl (C=O) groups is 1. The maximum absolute atomic E-state index is 11.3. The quantitative estimate of drug-likeness (QED) is 0.690. The zero-order valence-electron chi connectivity index (χ0n) is 9.22. The monoisotopic (exact) mass is 241 g/mol. The SMILES string of the molecule is CCCNC(=O)CNc1cc(Cl)ccc1N. The molecule has 0 heterocycles. The Morgan fingerprint density at radius 1 is 1.50 bits per heavy atom. The molecule has 1 amide bonds. The molecule has 0 atom stereocenters. The number of carbonyl (C=O) groups excluding carboxylic acids is 1. The van der Waals surface area contributed by atoms with Gasteiger partial charge in [-0.2, -0.15) is 0 Å². The third-order valence-corrected chi connectivity index (χ3v) is 2.26. The molecule has 1 aromatic rings. The van der Waals surface area contributed by atoms with Crippen molar-refractivity contribution < 1.29 is 4.79 Å². The molecule has 0 aliphatic carbocycles. The van der Waals surface area contributed by atoms with Crippen LogP contribution in [-0.2, 0) is 4.79 Å². The normalized spacial score (nSPS) is 9.88. The van der Waals surface area contributed by atoms with Crippen molar-refractivity contribution in [1.29, 1.82) is 0 Å². The van der Waals surface area contributed by atoms with E-state index in [2.05, 4.69) is 10.6 Å². The fraction of sp³-hybridized carbons (Fsp3) is 0.364. The van der Waals surface area contributed by atoms with Gasteiger partial charge >= 0.3 is 0 Å². The number of hydrogen-bond acceptors (Lipinski definition) is 3. The molecule has 4 nitrogen and oxygen atoms in total. The number of rotatable bonds is 5. The van der Waals surface area contributed by atoms with Gasteiger partial charge in [0, 0.05) is 11.6 Å². The first-order valence-corrected chi connectivity index (χ1v) is 5.57. The third-order valence-electron chi connectivity index (χ3n) is 2.03. The van der Waals surface area contributed by atoms with Crippen molar-refractivity contribution in [3.8, 4) is 0 Å². The van der Waals surface area contributed by atoms with Crippen LogP contribution in [0.5, 0.6) is 0 Å². The van der Waals surface area contributed by atoms with Gasteiger partial charge in [0.05, 0.1) is 17.9 Å². The summed E-state index contributed by atoms with van der Waals surface area (Å²) >= 11 is 5.82. The Morgan fingerprint density at radius 3 is 2.94 bits per heavy atom. The topological polar surface area (TPSA) is 67.2 Å². The Hall–Kier alpha value is -1.42. The van der Waals surface area contributed by atoms with E-state index in [0.717, 1.165) is 6.42 Å². The van der Waals surface area contributed by atoms with Crippen molar-refractivity contribution in [2.45, 2.75) is 13.3 Å². The predicted octanol–water partition coefficient (Wildman–Crippen LogP) is 1.86. The molecule has 0 spiro atoms. The largest absolute Gasteiger partial charge is 0.397 e. The van der Waals surface area contributed by atoms with Gasteiger partial charge in [0.25, 0.3) is 0 Å².